The number of para-hydroxylation sites is 4. The molecule has 0 unspecified atom stereocenters. The summed E-state index contributed by atoms with van der Waals surface area (Å²) in [5.41, 5.74) is 3.48. The molecule has 2 aromatic heterocycles. The first-order valence-corrected chi connectivity index (χ1v) is 6.43. The van der Waals surface area contributed by atoms with Gasteiger partial charge in [-0.2, -0.15) is 0 Å². The fraction of sp³-hybridized carbons (Fsp3) is 0.125. The van der Waals surface area contributed by atoms with E-state index in [1.54, 1.807) is 0 Å². The second kappa shape index (κ2) is 14.4. The monoisotopic (exact) mass is 453 g/mol. The van der Waals surface area contributed by atoms with Crippen molar-refractivity contribution in [3.63, 3.8) is 0 Å². The molecule has 4 rings (SSSR count). The number of aromatic nitrogens is 2. The largest absolute Gasteiger partial charge is 4.00 e. The van der Waals surface area contributed by atoms with Crippen LogP contribution in [-0.4, -0.2) is 9.97 Å². The number of hydrogen-bond acceptors (Lipinski definition) is 4. The summed E-state index contributed by atoms with van der Waals surface area (Å²) < 4.78 is 10.3. The molecule has 0 spiro atoms. The topological polar surface area (TPSA) is 52.1 Å². The van der Waals surface area contributed by atoms with Gasteiger partial charge in [-0.3, -0.25) is 0 Å². The molecule has 2 heterocycles. The third-order valence-electron chi connectivity index (χ3n) is 2.83. The van der Waals surface area contributed by atoms with Gasteiger partial charge in [-0.15, -0.1) is 6.07 Å². The molecule has 25 heavy (non-hydrogen) atoms. The molecule has 132 valence electrons. The van der Waals surface area contributed by atoms with Crippen LogP contribution >= 0.6 is 0 Å². The van der Waals surface area contributed by atoms with Crippen molar-refractivity contribution in [2.24, 2.45) is 0 Å². The third-order valence-corrected chi connectivity index (χ3v) is 2.83. The molecule has 4 aromatic rings. The van der Waals surface area contributed by atoms with Crippen molar-refractivity contribution >= 4 is 22.2 Å². The zero-order valence-corrected chi connectivity index (χ0v) is 17.6. The molecule has 0 saturated carbocycles. The minimum atomic E-state index is 0. The zero-order valence-electron chi connectivity index (χ0n) is 13.0. The number of hydrogen-bond donors (Lipinski definition) is 0. The van der Waals surface area contributed by atoms with Crippen LogP contribution in [0, 0.1) is 6.39 Å². The summed E-state index contributed by atoms with van der Waals surface area (Å²) in [6, 6.07) is 15.4. The molecule has 0 fully saturated rings. The fourth-order valence-corrected chi connectivity index (χ4v) is 1.83. The Kier molecular flexibility index (Phi) is 16.8. The van der Waals surface area contributed by atoms with E-state index in [0.29, 0.717) is 0 Å². The molecule has 4 nitrogen and oxygen atoms in total. The van der Waals surface area contributed by atoms with E-state index in [9.17, 15) is 0 Å². The zero-order chi connectivity index (χ0) is 13.8. The van der Waals surface area contributed by atoms with Crippen molar-refractivity contribution < 1.29 is 80.2 Å². The van der Waals surface area contributed by atoms with Crippen LogP contribution in [0.3, 0.4) is 0 Å². The van der Waals surface area contributed by atoms with Gasteiger partial charge < -0.3 is 63.4 Å². The van der Waals surface area contributed by atoms with Crippen LogP contribution < -0.4 is 49.6 Å². The van der Waals surface area contributed by atoms with Crippen molar-refractivity contribution in [2.75, 3.05) is 0 Å². The summed E-state index contributed by atoms with van der Waals surface area (Å²) >= 11 is 0. The Balaban J connectivity index is -0.000000326. The van der Waals surface area contributed by atoms with Gasteiger partial charge in [-0.25, -0.2) is 4.98 Å². The molecule has 0 aliphatic heterocycles. The Morgan fingerprint density at radius 1 is 0.840 bits per heavy atom. The molecular weight excluding hydrogens is 442 g/mol. The Morgan fingerprint density at radius 2 is 1.40 bits per heavy atom. The van der Waals surface area contributed by atoms with Gasteiger partial charge in [0, 0.05) is 6.42 Å². The summed E-state index contributed by atoms with van der Waals surface area (Å²) in [5.74, 6) is 0.811. The molecule has 0 atom stereocenters. The summed E-state index contributed by atoms with van der Waals surface area (Å²) in [5, 5.41) is 0. The van der Waals surface area contributed by atoms with Crippen molar-refractivity contribution in [3.8, 4) is 0 Å². The normalized spacial score (nSPS) is 8.36. The average Bonchev–Trinajstić information content (AvgIpc) is 3.13. The van der Waals surface area contributed by atoms with Gasteiger partial charge in [0.05, 0.1) is 0 Å². The maximum Gasteiger partial charge on any atom is 4.00 e. The Morgan fingerprint density at radius 3 is 1.96 bits per heavy atom. The molecule has 0 aliphatic rings. The second-order valence-corrected chi connectivity index (χ2v) is 4.20. The fourth-order valence-electron chi connectivity index (χ4n) is 1.83. The number of nitrogens with zero attached hydrogens (tertiary/aromatic N) is 2. The van der Waals surface area contributed by atoms with Gasteiger partial charge in [0.15, 0.2) is 11.5 Å². The quantitative estimate of drug-likeness (QED) is 0.212. The summed E-state index contributed by atoms with van der Waals surface area (Å²) in [4.78, 5) is 8.09. The number of aryl methyl sites for hydroxylation is 1. The molecule has 9 heteroatoms. The first-order chi connectivity index (χ1) is 9.86. The van der Waals surface area contributed by atoms with Gasteiger partial charge in [-0.05, 0) is 23.2 Å². The molecule has 2 aromatic carbocycles. The number of fused-ring (bicyclic) bond motifs is 2. The predicted octanol–water partition coefficient (Wildman–Crippen LogP) is -7.97. The first kappa shape index (κ1) is 29.0. The standard InChI is InChI=1S/C9H9NO.C7H4NO.4ClH.Ti/c1-2-9-10-7-5-3-4-6-8(7)11-9;1-2-4-7-6(3-1)8-5-9-7;;;;;/h3-6H,2H2,1H3;1-4H;4*1H;/q;-1;;;;;+4/p-4. The molecular formula is C16H13Cl4N2O2Ti-. The van der Waals surface area contributed by atoms with Crippen molar-refractivity contribution in [3.05, 3.63) is 60.8 Å². The van der Waals surface area contributed by atoms with E-state index in [-0.39, 0.29) is 71.3 Å². The van der Waals surface area contributed by atoms with E-state index in [4.69, 9.17) is 8.83 Å². The third kappa shape index (κ3) is 7.57. The Bertz CT molecular complexity index is 776. The van der Waals surface area contributed by atoms with Crippen LogP contribution in [0.4, 0.5) is 0 Å². The van der Waals surface area contributed by atoms with E-state index in [2.05, 4.69) is 16.4 Å². The summed E-state index contributed by atoms with van der Waals surface area (Å²) in [6.45, 7) is 2.03. The molecule has 0 saturated heterocycles. The second-order valence-electron chi connectivity index (χ2n) is 4.20. The molecule has 0 N–H and O–H groups in total. The van der Waals surface area contributed by atoms with Crippen molar-refractivity contribution in [2.45, 2.75) is 13.3 Å². The van der Waals surface area contributed by atoms with Gasteiger partial charge >= 0.3 is 21.7 Å². The van der Waals surface area contributed by atoms with Crippen LogP contribution in [0.15, 0.2) is 57.4 Å². The number of oxazole rings is 2. The van der Waals surface area contributed by atoms with E-state index >= 15 is 0 Å². The van der Waals surface area contributed by atoms with Crippen molar-refractivity contribution in [1.82, 2.24) is 9.97 Å². The van der Waals surface area contributed by atoms with Crippen LogP contribution in [0.5, 0.6) is 0 Å². The van der Waals surface area contributed by atoms with E-state index in [0.717, 1.165) is 34.5 Å². The van der Waals surface area contributed by atoms with Crippen LogP contribution in [-0.2, 0) is 28.1 Å². The van der Waals surface area contributed by atoms with Gasteiger partial charge in [-0.1, -0.05) is 37.3 Å². The average molecular weight is 455 g/mol. The van der Waals surface area contributed by atoms with E-state index in [1.165, 1.54) is 0 Å². The maximum atomic E-state index is 5.41. The molecule has 0 amide bonds. The Labute approximate surface area is 185 Å². The minimum absolute atomic E-state index is 0. The number of benzene rings is 2. The van der Waals surface area contributed by atoms with E-state index < -0.39 is 0 Å². The van der Waals surface area contributed by atoms with Crippen LogP contribution in [0.2, 0.25) is 0 Å². The van der Waals surface area contributed by atoms with E-state index in [1.807, 2.05) is 55.5 Å². The minimum Gasteiger partial charge on any atom is -1.00 e. The number of halogens is 4. The van der Waals surface area contributed by atoms with Crippen molar-refractivity contribution in [1.29, 1.82) is 0 Å². The summed E-state index contributed by atoms with van der Waals surface area (Å²) in [6.07, 6.45) is 3.27. The molecule has 0 aliphatic carbocycles. The SMILES string of the molecule is CCc1nc2ccccc2o1.[Cl-].[Cl-].[Cl-].[Cl-].[Ti+4].[c-]1nc2ccccc2o1. The smallest absolute Gasteiger partial charge is 1.00 e. The van der Waals surface area contributed by atoms with Gasteiger partial charge in [0.2, 0.25) is 0 Å². The molecule has 0 radical (unpaired) electrons. The molecule has 0 bridgehead atoms. The van der Waals surface area contributed by atoms with Gasteiger partial charge in [0.25, 0.3) is 0 Å². The van der Waals surface area contributed by atoms with Crippen LogP contribution in [0.1, 0.15) is 12.8 Å². The Hall–Kier alpha value is -0.746. The van der Waals surface area contributed by atoms with Gasteiger partial charge in [0.1, 0.15) is 11.9 Å². The predicted molar refractivity (Wildman–Crippen MR) is 76.2 cm³/mol. The maximum absolute atomic E-state index is 5.41. The van der Waals surface area contributed by atoms with Crippen LogP contribution in [0.25, 0.3) is 22.2 Å². The first-order valence-electron chi connectivity index (χ1n) is 6.43. The number of rotatable bonds is 1. The summed E-state index contributed by atoms with van der Waals surface area (Å²) in [7, 11) is 0.